The monoisotopic (exact) mass is 474 g/mol. The topological polar surface area (TPSA) is 77.2 Å². The molecule has 0 bridgehead atoms. The van der Waals surface area contributed by atoms with E-state index in [1.54, 1.807) is 6.20 Å². The number of nitrogens with zero attached hydrogens (tertiary/aromatic N) is 4. The molecule has 0 radical (unpaired) electrons. The number of pyridine rings is 1. The van der Waals surface area contributed by atoms with Gasteiger partial charge in [-0.15, -0.1) is 0 Å². The summed E-state index contributed by atoms with van der Waals surface area (Å²) < 4.78 is 0. The highest BCUT2D eigenvalue weighted by atomic mass is 35.5. The number of aromatic nitrogens is 3. The van der Waals surface area contributed by atoms with Gasteiger partial charge in [0.2, 0.25) is 0 Å². The summed E-state index contributed by atoms with van der Waals surface area (Å²) >= 11 is 6.12. The van der Waals surface area contributed by atoms with Crippen molar-refractivity contribution in [1.29, 1.82) is 0 Å². The number of carbonyl (C=O) groups excluding carboxylic acids is 1. The number of nitrogens with one attached hydrogen (secondary N) is 2. The Bertz CT molecular complexity index is 1230. The number of hydrogen-bond donors (Lipinski definition) is 2. The SMILES string of the molecule is O=C(NCCCN1CCN(c2cccc(Cl)c2)CC1)c1ccc(-c2nc3ncccc3[nH]2)cc1. The quantitative estimate of drug-likeness (QED) is 0.392. The number of fused-ring (bicyclic) bond motifs is 1. The zero-order chi connectivity index (χ0) is 23.3. The Hall–Kier alpha value is -3.42. The lowest BCUT2D eigenvalue weighted by molar-refractivity contribution is 0.0951. The third kappa shape index (κ3) is 5.21. The van der Waals surface area contributed by atoms with Gasteiger partial charge >= 0.3 is 0 Å². The second-order valence-corrected chi connectivity index (χ2v) is 8.89. The molecule has 2 aromatic heterocycles. The molecule has 34 heavy (non-hydrogen) atoms. The summed E-state index contributed by atoms with van der Waals surface area (Å²) in [5.74, 6) is 0.694. The van der Waals surface area contributed by atoms with Crippen LogP contribution in [0.25, 0.3) is 22.6 Å². The first-order chi connectivity index (χ1) is 16.7. The van der Waals surface area contributed by atoms with Crippen LogP contribution in [0.15, 0.2) is 66.9 Å². The summed E-state index contributed by atoms with van der Waals surface area (Å²) in [5, 5.41) is 3.81. The molecule has 4 aromatic rings. The molecule has 1 saturated heterocycles. The summed E-state index contributed by atoms with van der Waals surface area (Å²) in [6, 6.07) is 19.3. The zero-order valence-electron chi connectivity index (χ0n) is 18.9. The minimum Gasteiger partial charge on any atom is -0.369 e. The number of imidazole rings is 1. The molecule has 7 nitrogen and oxygen atoms in total. The van der Waals surface area contributed by atoms with Crippen LogP contribution >= 0.6 is 11.6 Å². The fourth-order valence-corrected chi connectivity index (χ4v) is 4.45. The molecule has 174 valence electrons. The van der Waals surface area contributed by atoms with E-state index in [-0.39, 0.29) is 5.91 Å². The average Bonchev–Trinajstić information content (AvgIpc) is 3.31. The van der Waals surface area contributed by atoms with Gasteiger partial charge in [0.25, 0.3) is 5.91 Å². The molecule has 0 atom stereocenters. The maximum Gasteiger partial charge on any atom is 0.251 e. The van der Waals surface area contributed by atoms with E-state index in [1.165, 1.54) is 5.69 Å². The first-order valence-electron chi connectivity index (χ1n) is 11.6. The number of anilines is 1. The van der Waals surface area contributed by atoms with Crippen molar-refractivity contribution in [3.05, 3.63) is 77.4 Å². The lowest BCUT2D eigenvalue weighted by atomic mass is 10.1. The zero-order valence-corrected chi connectivity index (χ0v) is 19.6. The maximum atomic E-state index is 12.5. The lowest BCUT2D eigenvalue weighted by Crippen LogP contribution is -2.47. The van der Waals surface area contributed by atoms with Crippen LogP contribution in [-0.2, 0) is 0 Å². The molecule has 3 heterocycles. The molecule has 0 saturated carbocycles. The second-order valence-electron chi connectivity index (χ2n) is 8.46. The van der Waals surface area contributed by atoms with Crippen LogP contribution in [0.5, 0.6) is 0 Å². The van der Waals surface area contributed by atoms with Crippen LogP contribution in [0.2, 0.25) is 5.02 Å². The van der Waals surface area contributed by atoms with Crippen LogP contribution in [0.4, 0.5) is 5.69 Å². The Morgan fingerprint density at radius 3 is 2.62 bits per heavy atom. The standard InChI is InChI=1S/C26H27ClN6O/c27-21-4-1-5-22(18-21)33-16-14-32(15-17-33)13-3-12-29-26(34)20-9-7-19(8-10-20)24-30-23-6-2-11-28-25(23)31-24/h1-2,4-11,18H,3,12-17H2,(H,29,34)(H,28,30,31). The van der Waals surface area contributed by atoms with E-state index in [4.69, 9.17) is 11.6 Å². The van der Waals surface area contributed by atoms with Crippen molar-refractivity contribution in [2.24, 2.45) is 0 Å². The number of amides is 1. The third-order valence-electron chi connectivity index (χ3n) is 6.16. The van der Waals surface area contributed by atoms with Crippen LogP contribution in [0, 0.1) is 0 Å². The summed E-state index contributed by atoms with van der Waals surface area (Å²) in [6.07, 6.45) is 2.65. The number of hydrogen-bond acceptors (Lipinski definition) is 5. The number of H-pyrrole nitrogens is 1. The van der Waals surface area contributed by atoms with E-state index >= 15 is 0 Å². The van der Waals surface area contributed by atoms with E-state index < -0.39 is 0 Å². The van der Waals surface area contributed by atoms with E-state index in [0.29, 0.717) is 17.8 Å². The van der Waals surface area contributed by atoms with E-state index in [9.17, 15) is 4.79 Å². The van der Waals surface area contributed by atoms with Gasteiger partial charge in [-0.2, -0.15) is 0 Å². The fourth-order valence-electron chi connectivity index (χ4n) is 4.27. The van der Waals surface area contributed by atoms with Crippen molar-refractivity contribution >= 4 is 34.4 Å². The molecule has 0 aliphatic carbocycles. The minimum absolute atomic E-state index is 0.0522. The first-order valence-corrected chi connectivity index (χ1v) is 12.0. The largest absolute Gasteiger partial charge is 0.369 e. The van der Waals surface area contributed by atoms with E-state index in [1.807, 2.05) is 54.6 Å². The summed E-state index contributed by atoms with van der Waals surface area (Å²) in [7, 11) is 0. The Kier molecular flexibility index (Phi) is 6.74. The lowest BCUT2D eigenvalue weighted by Gasteiger charge is -2.36. The van der Waals surface area contributed by atoms with Crippen molar-refractivity contribution in [1.82, 2.24) is 25.2 Å². The molecular formula is C26H27ClN6O. The molecule has 1 aliphatic rings. The van der Waals surface area contributed by atoms with Gasteiger partial charge in [-0.05, 0) is 55.4 Å². The van der Waals surface area contributed by atoms with Crippen molar-refractivity contribution < 1.29 is 4.79 Å². The van der Waals surface area contributed by atoms with Gasteiger partial charge in [0.1, 0.15) is 5.82 Å². The maximum absolute atomic E-state index is 12.5. The number of halogens is 1. The van der Waals surface area contributed by atoms with Crippen molar-refractivity contribution in [2.45, 2.75) is 6.42 Å². The smallest absolute Gasteiger partial charge is 0.251 e. The Morgan fingerprint density at radius 2 is 1.85 bits per heavy atom. The normalized spacial score (nSPS) is 14.4. The first kappa shape index (κ1) is 22.4. The summed E-state index contributed by atoms with van der Waals surface area (Å²) in [4.78, 5) is 29.4. The minimum atomic E-state index is -0.0522. The number of benzene rings is 2. The van der Waals surface area contributed by atoms with Crippen LogP contribution in [0.3, 0.4) is 0 Å². The average molecular weight is 475 g/mol. The predicted octanol–water partition coefficient (Wildman–Crippen LogP) is 4.22. The van der Waals surface area contributed by atoms with Gasteiger partial charge in [-0.3, -0.25) is 9.69 Å². The van der Waals surface area contributed by atoms with E-state index in [2.05, 4.69) is 36.1 Å². The van der Waals surface area contributed by atoms with Crippen LogP contribution in [-0.4, -0.2) is 65.0 Å². The van der Waals surface area contributed by atoms with Crippen molar-refractivity contribution in [2.75, 3.05) is 44.2 Å². The van der Waals surface area contributed by atoms with Gasteiger partial charge in [0, 0.05) is 60.8 Å². The van der Waals surface area contributed by atoms with Crippen molar-refractivity contribution in [3.63, 3.8) is 0 Å². The molecule has 5 rings (SSSR count). The highest BCUT2D eigenvalue weighted by Crippen LogP contribution is 2.21. The number of carbonyl (C=O) groups is 1. The highest BCUT2D eigenvalue weighted by Gasteiger charge is 2.17. The third-order valence-corrected chi connectivity index (χ3v) is 6.40. The highest BCUT2D eigenvalue weighted by molar-refractivity contribution is 6.30. The van der Waals surface area contributed by atoms with Gasteiger partial charge in [0.05, 0.1) is 5.52 Å². The number of piperazine rings is 1. The second kappa shape index (κ2) is 10.2. The molecule has 1 aliphatic heterocycles. The van der Waals surface area contributed by atoms with Gasteiger partial charge < -0.3 is 15.2 Å². The van der Waals surface area contributed by atoms with E-state index in [0.717, 1.165) is 61.1 Å². The molecule has 1 amide bonds. The van der Waals surface area contributed by atoms with Gasteiger partial charge in [-0.25, -0.2) is 9.97 Å². The molecule has 2 N–H and O–H groups in total. The summed E-state index contributed by atoms with van der Waals surface area (Å²) in [6.45, 7) is 5.63. The number of aromatic amines is 1. The molecule has 2 aromatic carbocycles. The van der Waals surface area contributed by atoms with Gasteiger partial charge in [0.15, 0.2) is 5.65 Å². The Balaban J connectivity index is 1.05. The molecule has 8 heteroatoms. The number of rotatable bonds is 7. The van der Waals surface area contributed by atoms with Gasteiger partial charge in [-0.1, -0.05) is 29.8 Å². The van der Waals surface area contributed by atoms with Crippen LogP contribution in [0.1, 0.15) is 16.8 Å². The molecule has 0 spiro atoms. The predicted molar refractivity (Wildman–Crippen MR) is 136 cm³/mol. The Labute approximate surface area is 203 Å². The Morgan fingerprint density at radius 1 is 1.03 bits per heavy atom. The van der Waals surface area contributed by atoms with Crippen LogP contribution < -0.4 is 10.2 Å². The molecular weight excluding hydrogens is 448 g/mol. The fraction of sp³-hybridized carbons (Fsp3) is 0.269. The van der Waals surface area contributed by atoms with Crippen molar-refractivity contribution in [3.8, 4) is 11.4 Å². The summed E-state index contributed by atoms with van der Waals surface area (Å²) in [5.41, 5.74) is 4.33. The molecule has 1 fully saturated rings. The molecule has 0 unspecified atom stereocenters.